The highest BCUT2D eigenvalue weighted by molar-refractivity contribution is 7.85. The second-order valence-corrected chi connectivity index (χ2v) is 6.41. The maximum absolute atomic E-state index is 11.2. The minimum atomic E-state index is -3.96. The predicted molar refractivity (Wildman–Crippen MR) is 68.6 cm³/mol. The quantitative estimate of drug-likeness (QED) is 0.302. The van der Waals surface area contributed by atoms with E-state index in [1.165, 1.54) is 6.92 Å². The molecule has 1 atom stereocenters. The van der Waals surface area contributed by atoms with Crippen molar-refractivity contribution in [3.63, 3.8) is 0 Å². The highest BCUT2D eigenvalue weighted by atomic mass is 32.2. The fourth-order valence-electron chi connectivity index (χ4n) is 1.18. The molecule has 1 unspecified atom stereocenters. The first-order valence-corrected chi connectivity index (χ1v) is 7.10. The first kappa shape index (κ1) is 15.1. The van der Waals surface area contributed by atoms with E-state index in [2.05, 4.69) is 6.58 Å². The molecule has 0 saturated heterocycles. The van der Waals surface area contributed by atoms with Crippen LogP contribution in [0, 0.1) is 0 Å². The second-order valence-electron chi connectivity index (χ2n) is 4.83. The number of likely N-dealkylation sites (N-methyl/N-ethyl adjacent to an activating group) is 1. The maximum atomic E-state index is 11.2. The van der Waals surface area contributed by atoms with Crippen LogP contribution in [0.15, 0.2) is 12.2 Å². The average molecular weight is 281 g/mol. The summed E-state index contributed by atoms with van der Waals surface area (Å²) in [5.74, 6) is -0.930. The van der Waals surface area contributed by atoms with Gasteiger partial charge in [0.2, 0.25) is 0 Å². The van der Waals surface area contributed by atoms with Crippen molar-refractivity contribution < 1.29 is 28.4 Å². The minimum Gasteiger partial charge on any atom is -0.456 e. The summed E-state index contributed by atoms with van der Waals surface area (Å²) in [6.45, 7) is 4.56. The normalized spacial score (nSPS) is 14.8. The number of ether oxygens (including phenoxy) is 1. The van der Waals surface area contributed by atoms with Gasteiger partial charge in [-0.1, -0.05) is 6.58 Å². The van der Waals surface area contributed by atoms with Gasteiger partial charge in [-0.2, -0.15) is 8.42 Å². The molecule has 0 amide bonds. The molecule has 0 bridgehead atoms. The number of nitrogens with zero attached hydrogens (tertiary/aromatic N) is 1. The third kappa shape index (κ3) is 9.15. The Morgan fingerprint density at radius 1 is 1.44 bits per heavy atom. The van der Waals surface area contributed by atoms with Crippen molar-refractivity contribution in [3.8, 4) is 0 Å². The number of hydrogen-bond acceptors (Lipinski definition) is 4. The van der Waals surface area contributed by atoms with E-state index in [-0.39, 0.29) is 24.3 Å². The van der Waals surface area contributed by atoms with Crippen LogP contribution in [0.25, 0.3) is 0 Å². The van der Waals surface area contributed by atoms with Crippen LogP contribution in [0.1, 0.15) is 14.7 Å². The molecule has 106 valence electrons. The Morgan fingerprint density at radius 2 is 2.00 bits per heavy atom. The highest BCUT2D eigenvalue weighted by Gasteiger charge is 2.17. The molecular weight excluding hydrogens is 258 g/mol. The van der Waals surface area contributed by atoms with Crippen LogP contribution in [0.4, 0.5) is 0 Å². The molecule has 0 saturated carbocycles. The molecule has 0 aromatic carbocycles. The van der Waals surface area contributed by atoms with Crippen LogP contribution >= 0.6 is 0 Å². The largest absolute Gasteiger partial charge is 0.456 e. The van der Waals surface area contributed by atoms with Crippen molar-refractivity contribution in [3.05, 3.63) is 12.2 Å². The summed E-state index contributed by atoms with van der Waals surface area (Å²) in [6.07, 6.45) is 0.271. The van der Waals surface area contributed by atoms with E-state index in [9.17, 15) is 13.2 Å². The third-order valence-corrected chi connectivity index (χ3v) is 3.08. The molecule has 0 aliphatic rings. The lowest BCUT2D eigenvalue weighted by Crippen LogP contribution is -2.43. The first-order valence-electron chi connectivity index (χ1n) is 6.06. The summed E-state index contributed by atoms with van der Waals surface area (Å²) in [5.41, 5.74) is 0.230. The molecule has 6 nitrogen and oxygen atoms in total. The molecule has 0 aliphatic heterocycles. The summed E-state index contributed by atoms with van der Waals surface area (Å²) in [6, 6.07) is 0. The van der Waals surface area contributed by atoms with Crippen molar-refractivity contribution in [2.45, 2.75) is 13.3 Å². The monoisotopic (exact) mass is 281 g/mol. The lowest BCUT2D eigenvalue weighted by Gasteiger charge is -2.29. The molecule has 1 N–H and O–H groups in total. The molecule has 0 rings (SSSR count). The Bertz CT molecular complexity index is 432. The standard InChI is InChI=1S/C11H21NO5S/c1-10(2)11(13)17-8-7-12(3,4)6-5-9-18(14,15)16/h1,5-9H2,2-4H3/p+1/i8D. The SMILES string of the molecule is [2H]C(C[N+](C)(C)CCCS(=O)(=O)O)OC(=O)C(=C)C. The lowest BCUT2D eigenvalue weighted by molar-refractivity contribution is -0.890. The van der Waals surface area contributed by atoms with E-state index in [0.29, 0.717) is 11.0 Å². The van der Waals surface area contributed by atoms with Crippen LogP contribution in [0.2, 0.25) is 0 Å². The van der Waals surface area contributed by atoms with E-state index >= 15 is 0 Å². The van der Waals surface area contributed by atoms with Crippen molar-refractivity contribution in [2.24, 2.45) is 0 Å². The molecule has 0 aromatic rings. The number of hydrogen-bond donors (Lipinski definition) is 1. The summed E-state index contributed by atoms with van der Waals surface area (Å²) in [5, 5.41) is 0. The number of quaternary nitrogens is 1. The van der Waals surface area contributed by atoms with E-state index in [1.807, 2.05) is 0 Å². The lowest BCUT2D eigenvalue weighted by atomic mass is 10.3. The van der Waals surface area contributed by atoms with Gasteiger partial charge < -0.3 is 9.22 Å². The van der Waals surface area contributed by atoms with E-state index in [0.717, 1.165) is 0 Å². The van der Waals surface area contributed by atoms with Crippen LogP contribution in [-0.2, 0) is 19.6 Å². The van der Waals surface area contributed by atoms with Gasteiger partial charge in [0.05, 0.1) is 27.8 Å². The van der Waals surface area contributed by atoms with Crippen LogP contribution in [0.3, 0.4) is 0 Å². The van der Waals surface area contributed by atoms with Crippen molar-refractivity contribution in [1.82, 2.24) is 0 Å². The van der Waals surface area contributed by atoms with Gasteiger partial charge in [-0.25, -0.2) is 4.79 Å². The predicted octanol–water partition coefficient (Wildman–Crippen LogP) is 0.460. The zero-order valence-electron chi connectivity index (χ0n) is 12.0. The Balaban J connectivity index is 4.21. The maximum Gasteiger partial charge on any atom is 0.333 e. The molecular formula is C11H22NO5S+. The second kappa shape index (κ2) is 6.86. The zero-order valence-corrected chi connectivity index (χ0v) is 11.9. The Kier molecular flexibility index (Phi) is 5.77. The van der Waals surface area contributed by atoms with Gasteiger partial charge in [0, 0.05) is 12.0 Å². The van der Waals surface area contributed by atoms with Gasteiger partial charge in [0.15, 0.2) is 0 Å². The van der Waals surface area contributed by atoms with Crippen molar-refractivity contribution in [1.29, 1.82) is 0 Å². The summed E-state index contributed by atoms with van der Waals surface area (Å²) < 4.78 is 42.6. The van der Waals surface area contributed by atoms with Crippen molar-refractivity contribution >= 4 is 16.1 Å². The summed E-state index contributed by atoms with van der Waals surface area (Å²) >= 11 is 0. The molecule has 7 heteroatoms. The number of carbonyl (C=O) groups excluding carboxylic acids is 1. The molecule has 0 spiro atoms. The van der Waals surface area contributed by atoms with E-state index < -0.39 is 22.7 Å². The fraction of sp³-hybridized carbons (Fsp3) is 0.727. The summed E-state index contributed by atoms with van der Waals surface area (Å²) in [4.78, 5) is 11.2. The average Bonchev–Trinajstić information content (AvgIpc) is 2.12. The molecule has 0 heterocycles. The van der Waals surface area contributed by atoms with Crippen molar-refractivity contribution in [2.75, 3.05) is 39.5 Å². The van der Waals surface area contributed by atoms with Crippen LogP contribution in [-0.4, -0.2) is 62.9 Å². The van der Waals surface area contributed by atoms with Gasteiger partial charge in [-0.3, -0.25) is 4.55 Å². The van der Waals surface area contributed by atoms with E-state index in [4.69, 9.17) is 10.7 Å². The molecule has 0 fully saturated rings. The fourth-order valence-corrected chi connectivity index (χ4v) is 1.68. The van der Waals surface area contributed by atoms with Gasteiger partial charge in [-0.05, 0) is 6.92 Å². The highest BCUT2D eigenvalue weighted by Crippen LogP contribution is 2.02. The topological polar surface area (TPSA) is 80.7 Å². The summed E-state index contributed by atoms with van der Waals surface area (Å²) in [7, 11) is -0.375. The number of esters is 1. The van der Waals surface area contributed by atoms with Gasteiger partial charge >= 0.3 is 5.97 Å². The minimum absolute atomic E-state index is 0.227. The van der Waals surface area contributed by atoms with Gasteiger partial charge in [0.1, 0.15) is 13.1 Å². The van der Waals surface area contributed by atoms with Gasteiger partial charge in [0.25, 0.3) is 10.1 Å². The molecule has 0 radical (unpaired) electrons. The Hall–Kier alpha value is -0.920. The zero-order chi connectivity index (χ0) is 15.3. The van der Waals surface area contributed by atoms with Gasteiger partial charge in [-0.15, -0.1) is 0 Å². The van der Waals surface area contributed by atoms with Crippen LogP contribution < -0.4 is 0 Å². The smallest absolute Gasteiger partial charge is 0.333 e. The number of rotatable bonds is 8. The third-order valence-electron chi connectivity index (χ3n) is 2.27. The molecule has 18 heavy (non-hydrogen) atoms. The Labute approximate surface area is 110 Å². The molecule has 0 aromatic heterocycles. The van der Waals surface area contributed by atoms with Crippen LogP contribution in [0.5, 0.6) is 0 Å². The van der Waals surface area contributed by atoms with E-state index in [1.54, 1.807) is 14.1 Å². The molecule has 0 aliphatic carbocycles. The first-order chi connectivity index (χ1) is 8.43. The Morgan fingerprint density at radius 3 is 2.44 bits per heavy atom. The number of carbonyl (C=O) groups is 1.